The second kappa shape index (κ2) is 4.83. The number of aromatic nitrogens is 2. The molecule has 0 aliphatic carbocycles. The summed E-state index contributed by atoms with van der Waals surface area (Å²) in [4.78, 5) is 1.31. The van der Waals surface area contributed by atoms with E-state index in [0.29, 0.717) is 6.54 Å². The summed E-state index contributed by atoms with van der Waals surface area (Å²) in [6.07, 6.45) is 2.65. The van der Waals surface area contributed by atoms with Gasteiger partial charge in [-0.1, -0.05) is 19.9 Å². The number of nitrogens with zero attached hydrogens (tertiary/aromatic N) is 1. The quantitative estimate of drug-likeness (QED) is 0.878. The summed E-state index contributed by atoms with van der Waals surface area (Å²) < 4.78 is 26.5. The smallest absolute Gasteiger partial charge is 0.243 e. The van der Waals surface area contributed by atoms with Gasteiger partial charge in [0, 0.05) is 23.0 Å². The van der Waals surface area contributed by atoms with Crippen molar-refractivity contribution in [2.75, 3.05) is 6.54 Å². The van der Waals surface area contributed by atoms with Crippen LogP contribution in [-0.4, -0.2) is 25.2 Å². The Bertz CT molecular complexity index is 586. The van der Waals surface area contributed by atoms with Gasteiger partial charge in [-0.15, -0.1) is 11.3 Å². The van der Waals surface area contributed by atoms with Crippen LogP contribution in [0.25, 0.3) is 0 Å². The minimum absolute atomic E-state index is 0.157. The van der Waals surface area contributed by atoms with Crippen molar-refractivity contribution >= 4 is 21.4 Å². The van der Waals surface area contributed by atoms with Crippen molar-refractivity contribution < 1.29 is 8.42 Å². The van der Waals surface area contributed by atoms with Gasteiger partial charge >= 0.3 is 0 Å². The van der Waals surface area contributed by atoms with Crippen LogP contribution >= 0.6 is 11.3 Å². The lowest BCUT2D eigenvalue weighted by atomic mass is 9.92. The van der Waals surface area contributed by atoms with Crippen LogP contribution in [-0.2, 0) is 15.4 Å². The van der Waals surface area contributed by atoms with Crippen LogP contribution in [0.15, 0.2) is 34.8 Å². The molecule has 2 N–H and O–H groups in total. The largest absolute Gasteiger partial charge is 0.284 e. The SMILES string of the molecule is CC(C)(CNS(=O)(=O)c1cn[nH]c1)c1cccs1. The first-order valence-electron chi connectivity index (χ1n) is 5.44. The van der Waals surface area contributed by atoms with Crippen molar-refractivity contribution in [2.24, 2.45) is 0 Å². The van der Waals surface area contributed by atoms with E-state index in [9.17, 15) is 8.42 Å². The molecule has 7 heteroatoms. The Kier molecular flexibility index (Phi) is 3.56. The van der Waals surface area contributed by atoms with E-state index in [1.807, 2.05) is 31.4 Å². The summed E-state index contributed by atoms with van der Waals surface area (Å²) in [6, 6.07) is 3.98. The van der Waals surface area contributed by atoms with Crippen LogP contribution in [0, 0.1) is 0 Å². The third kappa shape index (κ3) is 2.80. The van der Waals surface area contributed by atoms with Gasteiger partial charge in [0.1, 0.15) is 4.90 Å². The van der Waals surface area contributed by atoms with Crippen LogP contribution in [0.5, 0.6) is 0 Å². The standard InChI is InChI=1S/C11H15N3O2S2/c1-11(2,10-4-3-5-17-10)8-14-18(15,16)9-6-12-13-7-9/h3-7,14H,8H2,1-2H3,(H,12,13). The molecular weight excluding hydrogens is 270 g/mol. The fourth-order valence-electron chi connectivity index (χ4n) is 1.50. The second-order valence-electron chi connectivity index (χ2n) is 4.62. The van der Waals surface area contributed by atoms with Gasteiger partial charge in [-0.05, 0) is 11.4 Å². The molecule has 2 aromatic rings. The Morgan fingerprint density at radius 3 is 2.83 bits per heavy atom. The molecule has 0 aliphatic rings. The summed E-state index contributed by atoms with van der Waals surface area (Å²) in [6.45, 7) is 4.37. The van der Waals surface area contributed by atoms with E-state index in [-0.39, 0.29) is 10.3 Å². The van der Waals surface area contributed by atoms with Gasteiger partial charge in [0.2, 0.25) is 10.0 Å². The van der Waals surface area contributed by atoms with Crippen LogP contribution in [0.2, 0.25) is 0 Å². The Morgan fingerprint density at radius 1 is 1.50 bits per heavy atom. The Hall–Kier alpha value is -1.18. The molecule has 0 amide bonds. The molecule has 18 heavy (non-hydrogen) atoms. The van der Waals surface area contributed by atoms with Crippen molar-refractivity contribution in [3.63, 3.8) is 0 Å². The highest BCUT2D eigenvalue weighted by Gasteiger charge is 2.25. The zero-order chi connectivity index (χ0) is 13.2. The number of hydrogen-bond donors (Lipinski definition) is 2. The van der Waals surface area contributed by atoms with E-state index in [0.717, 1.165) is 4.88 Å². The van der Waals surface area contributed by atoms with Gasteiger partial charge in [-0.3, -0.25) is 5.10 Å². The van der Waals surface area contributed by atoms with Crippen molar-refractivity contribution in [3.05, 3.63) is 34.8 Å². The zero-order valence-corrected chi connectivity index (χ0v) is 11.8. The lowest BCUT2D eigenvalue weighted by Gasteiger charge is -2.23. The molecule has 0 unspecified atom stereocenters. The number of nitrogens with one attached hydrogen (secondary N) is 2. The van der Waals surface area contributed by atoms with Crippen molar-refractivity contribution in [3.8, 4) is 0 Å². The van der Waals surface area contributed by atoms with Crippen molar-refractivity contribution in [1.29, 1.82) is 0 Å². The highest BCUT2D eigenvalue weighted by molar-refractivity contribution is 7.89. The number of thiophene rings is 1. The second-order valence-corrected chi connectivity index (χ2v) is 7.33. The topological polar surface area (TPSA) is 74.8 Å². The van der Waals surface area contributed by atoms with Gasteiger partial charge < -0.3 is 0 Å². The Balaban J connectivity index is 2.09. The summed E-state index contributed by atoms with van der Waals surface area (Å²) >= 11 is 1.62. The number of aromatic amines is 1. The summed E-state index contributed by atoms with van der Waals surface area (Å²) in [5.74, 6) is 0. The lowest BCUT2D eigenvalue weighted by molar-refractivity contribution is 0.509. The molecule has 0 saturated heterocycles. The molecule has 0 saturated carbocycles. The van der Waals surface area contributed by atoms with Gasteiger partial charge in [0.25, 0.3) is 0 Å². The van der Waals surface area contributed by atoms with Crippen molar-refractivity contribution in [2.45, 2.75) is 24.2 Å². The molecule has 2 rings (SSSR count). The van der Waals surface area contributed by atoms with Gasteiger partial charge in [0.05, 0.1) is 6.20 Å². The maximum atomic E-state index is 11.9. The Morgan fingerprint density at radius 2 is 2.28 bits per heavy atom. The minimum Gasteiger partial charge on any atom is -0.284 e. The molecular formula is C11H15N3O2S2. The van der Waals surface area contributed by atoms with Crippen molar-refractivity contribution in [1.82, 2.24) is 14.9 Å². The fraction of sp³-hybridized carbons (Fsp3) is 0.364. The molecule has 2 aromatic heterocycles. The van der Waals surface area contributed by atoms with E-state index in [4.69, 9.17) is 0 Å². The molecule has 0 fully saturated rings. The number of sulfonamides is 1. The van der Waals surface area contributed by atoms with E-state index < -0.39 is 10.0 Å². The van der Waals surface area contributed by atoms with Gasteiger partial charge in [-0.25, -0.2) is 13.1 Å². The number of rotatable bonds is 5. The third-order valence-electron chi connectivity index (χ3n) is 2.68. The first kappa shape index (κ1) is 13.3. The average Bonchev–Trinajstić information content (AvgIpc) is 2.99. The highest BCUT2D eigenvalue weighted by atomic mass is 32.2. The summed E-state index contributed by atoms with van der Waals surface area (Å²) in [5, 5.41) is 8.12. The predicted octanol–water partition coefficient (Wildman–Crippen LogP) is 1.73. The molecule has 0 atom stereocenters. The van der Waals surface area contributed by atoms with Gasteiger partial charge in [-0.2, -0.15) is 5.10 Å². The summed E-state index contributed by atoms with van der Waals surface area (Å²) in [5.41, 5.74) is -0.231. The minimum atomic E-state index is -3.48. The molecule has 0 aromatic carbocycles. The van der Waals surface area contributed by atoms with Crippen LogP contribution in [0.1, 0.15) is 18.7 Å². The van der Waals surface area contributed by atoms with E-state index in [1.54, 1.807) is 11.3 Å². The van der Waals surface area contributed by atoms with Crippen LogP contribution < -0.4 is 4.72 Å². The predicted molar refractivity (Wildman–Crippen MR) is 71.1 cm³/mol. The average molecular weight is 285 g/mol. The van der Waals surface area contributed by atoms with E-state index in [2.05, 4.69) is 14.9 Å². The van der Waals surface area contributed by atoms with E-state index >= 15 is 0 Å². The fourth-order valence-corrected chi connectivity index (χ4v) is 3.46. The van der Waals surface area contributed by atoms with Crippen LogP contribution in [0.3, 0.4) is 0 Å². The van der Waals surface area contributed by atoms with Gasteiger partial charge in [0.15, 0.2) is 0 Å². The monoisotopic (exact) mass is 285 g/mol. The highest BCUT2D eigenvalue weighted by Crippen LogP contribution is 2.27. The summed E-state index contributed by atoms with van der Waals surface area (Å²) in [7, 11) is -3.48. The lowest BCUT2D eigenvalue weighted by Crippen LogP contribution is -2.36. The number of H-pyrrole nitrogens is 1. The first-order chi connectivity index (χ1) is 8.42. The molecule has 98 valence electrons. The maximum Gasteiger partial charge on any atom is 0.243 e. The molecule has 0 spiro atoms. The normalized spacial score (nSPS) is 12.8. The van der Waals surface area contributed by atoms with E-state index in [1.165, 1.54) is 12.4 Å². The number of hydrogen-bond acceptors (Lipinski definition) is 4. The molecule has 0 radical (unpaired) electrons. The molecule has 2 heterocycles. The third-order valence-corrected chi connectivity index (χ3v) is 5.28. The molecule has 0 bridgehead atoms. The molecule has 0 aliphatic heterocycles. The Labute approximate surface area is 110 Å². The zero-order valence-electron chi connectivity index (χ0n) is 10.2. The molecule has 5 nitrogen and oxygen atoms in total. The first-order valence-corrected chi connectivity index (χ1v) is 7.80. The van der Waals surface area contributed by atoms with Crippen LogP contribution in [0.4, 0.5) is 0 Å². The maximum absolute atomic E-state index is 11.9.